The molecule has 24 heavy (non-hydrogen) atoms. The number of rotatable bonds is 4. The Morgan fingerprint density at radius 2 is 2.08 bits per heavy atom. The van der Waals surface area contributed by atoms with Crippen LogP contribution in [0.25, 0.3) is 6.08 Å². The van der Waals surface area contributed by atoms with Crippen LogP contribution in [-0.4, -0.2) is 31.2 Å². The molecule has 0 bridgehead atoms. The molecule has 5 nitrogen and oxygen atoms in total. The largest absolute Gasteiger partial charge is 0.504 e. The first kappa shape index (κ1) is 15.9. The number of benzene rings is 2. The lowest BCUT2D eigenvalue weighted by Crippen LogP contribution is -2.19. The zero-order chi connectivity index (χ0) is 17.1. The molecule has 1 aliphatic heterocycles. The molecule has 1 heterocycles. The minimum absolute atomic E-state index is 0.0697. The van der Waals surface area contributed by atoms with E-state index >= 15 is 0 Å². The van der Waals surface area contributed by atoms with E-state index in [0.29, 0.717) is 35.0 Å². The van der Waals surface area contributed by atoms with E-state index in [9.17, 15) is 9.90 Å². The highest BCUT2D eigenvalue weighted by Crippen LogP contribution is 2.32. The maximum absolute atomic E-state index is 12.7. The molecular formula is C19H18O5. The fourth-order valence-corrected chi connectivity index (χ4v) is 2.53. The number of ketones is 1. The van der Waals surface area contributed by atoms with Gasteiger partial charge in [0, 0.05) is 5.57 Å². The van der Waals surface area contributed by atoms with Crippen molar-refractivity contribution < 1.29 is 24.1 Å². The zero-order valence-corrected chi connectivity index (χ0v) is 13.5. The van der Waals surface area contributed by atoms with E-state index in [1.54, 1.807) is 49.6 Å². The summed E-state index contributed by atoms with van der Waals surface area (Å²) in [7, 11) is 1.55. The molecule has 2 aromatic carbocycles. The molecule has 0 radical (unpaired) electrons. The first-order chi connectivity index (χ1) is 11.6. The molecule has 0 unspecified atom stereocenters. The molecule has 0 aromatic heterocycles. The summed E-state index contributed by atoms with van der Waals surface area (Å²) in [5, 5.41) is 9.76. The fourth-order valence-electron chi connectivity index (χ4n) is 2.53. The van der Waals surface area contributed by atoms with Crippen molar-refractivity contribution in [2.75, 3.05) is 20.3 Å². The number of carbonyl (C=O) groups is 1. The number of methoxy groups -OCH3 is 1. The Balaban J connectivity index is 1.94. The molecule has 124 valence electrons. The standard InChI is InChI=1S/C19H18O5/c1-3-23-18-9-12(4-6-16(18)20)8-13-11-24-17-7-5-14(22-2)10-15(17)19(13)21/h4-10,20H,3,11H2,1-2H3/b13-8-. The van der Waals surface area contributed by atoms with Gasteiger partial charge in [0.15, 0.2) is 17.3 Å². The van der Waals surface area contributed by atoms with Gasteiger partial charge in [0.05, 0.1) is 19.3 Å². The lowest BCUT2D eigenvalue weighted by Gasteiger charge is -2.19. The van der Waals surface area contributed by atoms with E-state index in [-0.39, 0.29) is 18.1 Å². The average molecular weight is 326 g/mol. The van der Waals surface area contributed by atoms with E-state index in [1.165, 1.54) is 0 Å². The highest BCUT2D eigenvalue weighted by atomic mass is 16.5. The molecule has 0 amide bonds. The Labute approximate surface area is 140 Å². The average Bonchev–Trinajstić information content (AvgIpc) is 2.60. The number of hydrogen-bond donors (Lipinski definition) is 1. The van der Waals surface area contributed by atoms with Crippen LogP contribution in [0.5, 0.6) is 23.0 Å². The molecule has 0 aliphatic carbocycles. The van der Waals surface area contributed by atoms with Crippen LogP contribution in [0.15, 0.2) is 42.0 Å². The van der Waals surface area contributed by atoms with Gasteiger partial charge in [0.2, 0.25) is 0 Å². The number of ether oxygens (including phenoxy) is 3. The first-order valence-corrected chi connectivity index (χ1v) is 7.64. The van der Waals surface area contributed by atoms with Gasteiger partial charge >= 0.3 is 0 Å². The molecule has 0 saturated carbocycles. The Morgan fingerprint density at radius 1 is 1.25 bits per heavy atom. The summed E-state index contributed by atoms with van der Waals surface area (Å²) in [4.78, 5) is 12.7. The number of aromatic hydroxyl groups is 1. The van der Waals surface area contributed by atoms with Gasteiger partial charge in [0.25, 0.3) is 0 Å². The molecule has 0 spiro atoms. The summed E-state index contributed by atoms with van der Waals surface area (Å²) in [5.74, 6) is 1.52. The number of Topliss-reactive ketones (excluding diaryl/α,β-unsaturated/α-hetero) is 1. The van der Waals surface area contributed by atoms with Crippen LogP contribution in [0, 0.1) is 0 Å². The molecule has 0 fully saturated rings. The third kappa shape index (κ3) is 3.06. The van der Waals surface area contributed by atoms with Crippen LogP contribution in [0.1, 0.15) is 22.8 Å². The number of hydrogen-bond acceptors (Lipinski definition) is 5. The predicted molar refractivity (Wildman–Crippen MR) is 90.1 cm³/mol. The lowest BCUT2D eigenvalue weighted by atomic mass is 9.98. The van der Waals surface area contributed by atoms with Gasteiger partial charge in [-0.3, -0.25) is 4.79 Å². The molecule has 1 aliphatic rings. The topological polar surface area (TPSA) is 65.0 Å². The maximum atomic E-state index is 12.7. The number of phenolic OH excluding ortho intramolecular Hbond substituents is 1. The first-order valence-electron chi connectivity index (χ1n) is 7.64. The summed E-state index contributed by atoms with van der Waals surface area (Å²) in [5.41, 5.74) is 1.77. The van der Waals surface area contributed by atoms with Gasteiger partial charge < -0.3 is 19.3 Å². The Morgan fingerprint density at radius 3 is 2.83 bits per heavy atom. The highest BCUT2D eigenvalue weighted by Gasteiger charge is 2.24. The molecule has 0 saturated heterocycles. The summed E-state index contributed by atoms with van der Waals surface area (Å²) in [6.45, 7) is 2.49. The lowest BCUT2D eigenvalue weighted by molar-refractivity contribution is 0.100. The van der Waals surface area contributed by atoms with Crippen LogP contribution in [0.4, 0.5) is 0 Å². The summed E-state index contributed by atoms with van der Waals surface area (Å²) < 4.78 is 16.2. The van der Waals surface area contributed by atoms with Crippen LogP contribution < -0.4 is 14.2 Å². The SMILES string of the molecule is CCOc1cc(/C=C2/COc3ccc(OC)cc3C2=O)ccc1O. The molecule has 3 rings (SSSR count). The molecule has 2 aromatic rings. The van der Waals surface area contributed by atoms with E-state index in [4.69, 9.17) is 14.2 Å². The van der Waals surface area contributed by atoms with Crippen molar-refractivity contribution in [1.29, 1.82) is 0 Å². The van der Waals surface area contributed by atoms with E-state index in [0.717, 1.165) is 5.56 Å². The minimum atomic E-state index is -0.0961. The molecule has 0 atom stereocenters. The van der Waals surface area contributed by atoms with Crippen LogP contribution >= 0.6 is 0 Å². The molecule has 5 heteroatoms. The van der Waals surface area contributed by atoms with Crippen molar-refractivity contribution in [2.24, 2.45) is 0 Å². The Hall–Kier alpha value is -2.95. The third-order valence-electron chi connectivity index (χ3n) is 3.73. The number of phenols is 1. The summed E-state index contributed by atoms with van der Waals surface area (Å²) >= 11 is 0. The smallest absolute Gasteiger partial charge is 0.196 e. The van der Waals surface area contributed by atoms with Crippen molar-refractivity contribution in [3.8, 4) is 23.0 Å². The van der Waals surface area contributed by atoms with Crippen LogP contribution in [0.3, 0.4) is 0 Å². The summed E-state index contributed by atoms with van der Waals surface area (Å²) in [6, 6.07) is 10.1. The maximum Gasteiger partial charge on any atom is 0.196 e. The predicted octanol–water partition coefficient (Wildman–Crippen LogP) is 3.46. The van der Waals surface area contributed by atoms with Crippen molar-refractivity contribution in [3.05, 3.63) is 53.1 Å². The van der Waals surface area contributed by atoms with Gasteiger partial charge in [-0.15, -0.1) is 0 Å². The van der Waals surface area contributed by atoms with Crippen molar-refractivity contribution in [2.45, 2.75) is 6.92 Å². The molecular weight excluding hydrogens is 308 g/mol. The van der Waals surface area contributed by atoms with Crippen molar-refractivity contribution >= 4 is 11.9 Å². The zero-order valence-electron chi connectivity index (χ0n) is 13.5. The van der Waals surface area contributed by atoms with Crippen molar-refractivity contribution in [3.63, 3.8) is 0 Å². The quantitative estimate of drug-likeness (QED) is 0.872. The van der Waals surface area contributed by atoms with Gasteiger partial charge in [-0.2, -0.15) is 0 Å². The highest BCUT2D eigenvalue weighted by molar-refractivity contribution is 6.14. The van der Waals surface area contributed by atoms with Gasteiger partial charge in [-0.05, 0) is 48.9 Å². The van der Waals surface area contributed by atoms with Crippen LogP contribution in [-0.2, 0) is 0 Å². The normalized spacial score (nSPS) is 14.9. The number of fused-ring (bicyclic) bond motifs is 1. The van der Waals surface area contributed by atoms with E-state index in [1.807, 2.05) is 6.92 Å². The third-order valence-corrected chi connectivity index (χ3v) is 3.73. The minimum Gasteiger partial charge on any atom is -0.504 e. The fraction of sp³-hybridized carbons (Fsp3) is 0.211. The van der Waals surface area contributed by atoms with Gasteiger partial charge in [-0.25, -0.2) is 0 Å². The Bertz CT molecular complexity index is 807. The second-order valence-corrected chi connectivity index (χ2v) is 5.31. The second-order valence-electron chi connectivity index (χ2n) is 5.31. The summed E-state index contributed by atoms with van der Waals surface area (Å²) in [6.07, 6.45) is 1.74. The van der Waals surface area contributed by atoms with E-state index in [2.05, 4.69) is 0 Å². The monoisotopic (exact) mass is 326 g/mol. The van der Waals surface area contributed by atoms with E-state index < -0.39 is 0 Å². The second kappa shape index (κ2) is 6.66. The number of carbonyl (C=O) groups excluding carboxylic acids is 1. The van der Waals surface area contributed by atoms with Crippen LogP contribution in [0.2, 0.25) is 0 Å². The van der Waals surface area contributed by atoms with Gasteiger partial charge in [0.1, 0.15) is 18.1 Å². The molecule has 1 N–H and O–H groups in total. The Kier molecular flexibility index (Phi) is 4.42. The van der Waals surface area contributed by atoms with Gasteiger partial charge in [-0.1, -0.05) is 6.07 Å². The van der Waals surface area contributed by atoms with Crippen molar-refractivity contribution in [1.82, 2.24) is 0 Å².